The largest absolute Gasteiger partial charge is 0.377 e. The van der Waals surface area contributed by atoms with Gasteiger partial charge < -0.3 is 4.74 Å². The summed E-state index contributed by atoms with van der Waals surface area (Å²) in [6.45, 7) is 4.51. The number of piperidine rings is 1. The first-order valence-electron chi connectivity index (χ1n) is 6.94. The molecule has 2 rings (SSSR count). The van der Waals surface area contributed by atoms with Crippen LogP contribution < -0.4 is 0 Å². The molecule has 0 aromatic heterocycles. The van der Waals surface area contributed by atoms with Crippen molar-refractivity contribution in [2.75, 3.05) is 26.7 Å². The molecule has 1 aromatic rings. The van der Waals surface area contributed by atoms with E-state index in [9.17, 15) is 4.79 Å². The molecule has 3 nitrogen and oxygen atoms in total. The molecule has 0 saturated carbocycles. The number of ether oxygens (including phenoxy) is 1. The van der Waals surface area contributed by atoms with Gasteiger partial charge in [-0.05, 0) is 31.9 Å². The van der Waals surface area contributed by atoms with Crippen molar-refractivity contribution in [2.24, 2.45) is 0 Å². The summed E-state index contributed by atoms with van der Waals surface area (Å²) < 4.78 is 5.56. The first-order valence-corrected chi connectivity index (χ1v) is 6.94. The maximum atomic E-state index is 12.1. The molecule has 1 aliphatic rings. The van der Waals surface area contributed by atoms with Crippen LogP contribution >= 0.6 is 0 Å². The normalized spacial score (nSPS) is 24.3. The highest BCUT2D eigenvalue weighted by molar-refractivity contribution is 5.82. The lowest BCUT2D eigenvalue weighted by Gasteiger charge is -2.39. The molecule has 0 amide bonds. The minimum absolute atomic E-state index is 0.0920. The number of carbonyl (C=O) groups excluding carboxylic acids is 1. The van der Waals surface area contributed by atoms with Gasteiger partial charge in [-0.3, -0.25) is 9.69 Å². The predicted octanol–water partition coefficient (Wildman–Crippen LogP) is 2.30. The quantitative estimate of drug-likeness (QED) is 0.814. The molecular weight excluding hydrogens is 238 g/mol. The van der Waals surface area contributed by atoms with Gasteiger partial charge in [0.1, 0.15) is 0 Å². The van der Waals surface area contributed by atoms with Crippen LogP contribution in [0.25, 0.3) is 0 Å². The van der Waals surface area contributed by atoms with Crippen molar-refractivity contribution in [2.45, 2.75) is 31.8 Å². The summed E-state index contributed by atoms with van der Waals surface area (Å²) in [5, 5.41) is 0. The van der Waals surface area contributed by atoms with Crippen LogP contribution in [0.2, 0.25) is 0 Å². The van der Waals surface area contributed by atoms with E-state index in [1.54, 1.807) is 7.11 Å². The number of methoxy groups -OCH3 is 1. The topological polar surface area (TPSA) is 29.5 Å². The van der Waals surface area contributed by atoms with E-state index in [-0.39, 0.29) is 11.4 Å². The molecule has 1 saturated heterocycles. The van der Waals surface area contributed by atoms with Crippen molar-refractivity contribution in [3.05, 3.63) is 35.9 Å². The maximum absolute atomic E-state index is 12.1. The second-order valence-electron chi connectivity index (χ2n) is 5.67. The van der Waals surface area contributed by atoms with E-state index in [0.717, 1.165) is 31.5 Å². The van der Waals surface area contributed by atoms with Crippen LogP contribution in [-0.2, 0) is 16.0 Å². The van der Waals surface area contributed by atoms with Gasteiger partial charge >= 0.3 is 0 Å². The van der Waals surface area contributed by atoms with Crippen LogP contribution in [0.5, 0.6) is 0 Å². The van der Waals surface area contributed by atoms with Gasteiger partial charge in [-0.25, -0.2) is 0 Å². The molecular formula is C16H23NO2. The Morgan fingerprint density at radius 3 is 2.79 bits per heavy atom. The standard InChI is InChI=1S/C16H23NO2/c1-16(19-2)9-6-10-17(13-16)12-15(18)11-14-7-4-3-5-8-14/h3-5,7-8H,6,9-13H2,1-2H3. The number of likely N-dealkylation sites (tertiary alicyclic amines) is 1. The Morgan fingerprint density at radius 2 is 2.11 bits per heavy atom. The Morgan fingerprint density at radius 1 is 1.37 bits per heavy atom. The molecule has 3 heteroatoms. The zero-order valence-electron chi connectivity index (χ0n) is 11.9. The van der Waals surface area contributed by atoms with Crippen molar-refractivity contribution >= 4 is 5.78 Å². The fraction of sp³-hybridized carbons (Fsp3) is 0.562. The summed E-state index contributed by atoms with van der Waals surface area (Å²) in [7, 11) is 1.76. The lowest BCUT2D eigenvalue weighted by Crippen LogP contribution is -2.48. The van der Waals surface area contributed by atoms with Crippen molar-refractivity contribution in [1.29, 1.82) is 0 Å². The third-order valence-corrected chi connectivity index (χ3v) is 3.87. The molecule has 19 heavy (non-hydrogen) atoms. The van der Waals surface area contributed by atoms with Gasteiger partial charge in [0.05, 0.1) is 12.1 Å². The van der Waals surface area contributed by atoms with E-state index in [1.165, 1.54) is 0 Å². The third-order valence-electron chi connectivity index (χ3n) is 3.87. The number of nitrogens with zero attached hydrogens (tertiary/aromatic N) is 1. The SMILES string of the molecule is COC1(C)CCCN(CC(=O)Cc2ccccc2)C1. The van der Waals surface area contributed by atoms with Crippen molar-refractivity contribution in [3.63, 3.8) is 0 Å². The molecule has 0 spiro atoms. The van der Waals surface area contributed by atoms with Crippen LogP contribution in [0.3, 0.4) is 0 Å². The van der Waals surface area contributed by atoms with E-state index in [2.05, 4.69) is 11.8 Å². The zero-order valence-corrected chi connectivity index (χ0v) is 11.9. The Hall–Kier alpha value is -1.19. The summed E-state index contributed by atoms with van der Waals surface area (Å²) in [5.41, 5.74) is 1.00. The van der Waals surface area contributed by atoms with Gasteiger partial charge in [0, 0.05) is 20.1 Å². The molecule has 1 heterocycles. The van der Waals surface area contributed by atoms with Gasteiger partial charge in [0.25, 0.3) is 0 Å². The van der Waals surface area contributed by atoms with E-state index in [4.69, 9.17) is 4.74 Å². The van der Waals surface area contributed by atoms with E-state index >= 15 is 0 Å². The Balaban J connectivity index is 1.85. The fourth-order valence-corrected chi connectivity index (χ4v) is 2.74. The average molecular weight is 261 g/mol. The zero-order chi connectivity index (χ0) is 13.7. The minimum Gasteiger partial charge on any atom is -0.377 e. The number of hydrogen-bond acceptors (Lipinski definition) is 3. The number of hydrogen-bond donors (Lipinski definition) is 0. The molecule has 104 valence electrons. The van der Waals surface area contributed by atoms with E-state index in [1.807, 2.05) is 30.3 Å². The predicted molar refractivity (Wildman–Crippen MR) is 76.2 cm³/mol. The number of Topliss-reactive ketones (excluding diaryl/α,β-unsaturated/α-hetero) is 1. The highest BCUT2D eigenvalue weighted by Gasteiger charge is 2.31. The van der Waals surface area contributed by atoms with Crippen molar-refractivity contribution < 1.29 is 9.53 Å². The number of carbonyl (C=O) groups is 1. The summed E-state index contributed by atoms with van der Waals surface area (Å²) in [6, 6.07) is 9.94. The molecule has 1 fully saturated rings. The van der Waals surface area contributed by atoms with Crippen LogP contribution in [0, 0.1) is 0 Å². The molecule has 1 unspecified atom stereocenters. The van der Waals surface area contributed by atoms with Gasteiger partial charge in [-0.15, -0.1) is 0 Å². The van der Waals surface area contributed by atoms with Crippen LogP contribution in [0.4, 0.5) is 0 Å². The lowest BCUT2D eigenvalue weighted by molar-refractivity contribution is -0.121. The second kappa shape index (κ2) is 6.31. The smallest absolute Gasteiger partial charge is 0.151 e. The molecule has 1 atom stereocenters. The van der Waals surface area contributed by atoms with Crippen LogP contribution in [0.15, 0.2) is 30.3 Å². The Kier molecular flexibility index (Phi) is 4.72. The van der Waals surface area contributed by atoms with E-state index < -0.39 is 0 Å². The minimum atomic E-state index is -0.0920. The van der Waals surface area contributed by atoms with Crippen molar-refractivity contribution in [3.8, 4) is 0 Å². The first kappa shape index (κ1) is 14.2. The molecule has 0 bridgehead atoms. The van der Waals surface area contributed by atoms with Gasteiger partial charge in [-0.2, -0.15) is 0 Å². The molecule has 0 radical (unpaired) electrons. The Bertz CT molecular complexity index is 418. The summed E-state index contributed by atoms with van der Waals surface area (Å²) in [5.74, 6) is 0.284. The highest BCUT2D eigenvalue weighted by atomic mass is 16.5. The van der Waals surface area contributed by atoms with Gasteiger partial charge in [-0.1, -0.05) is 30.3 Å². The molecule has 1 aromatic carbocycles. The summed E-state index contributed by atoms with van der Waals surface area (Å²) >= 11 is 0. The summed E-state index contributed by atoms with van der Waals surface area (Å²) in [4.78, 5) is 14.3. The fourth-order valence-electron chi connectivity index (χ4n) is 2.74. The Labute approximate surface area is 115 Å². The molecule has 1 aliphatic heterocycles. The third kappa shape index (κ3) is 4.15. The van der Waals surface area contributed by atoms with Gasteiger partial charge in [0.15, 0.2) is 5.78 Å². The number of ketones is 1. The first-order chi connectivity index (χ1) is 9.11. The average Bonchev–Trinajstić information content (AvgIpc) is 2.40. The van der Waals surface area contributed by atoms with Crippen molar-refractivity contribution in [1.82, 2.24) is 4.90 Å². The number of rotatable bonds is 5. The monoisotopic (exact) mass is 261 g/mol. The molecule has 0 N–H and O–H groups in total. The lowest BCUT2D eigenvalue weighted by atomic mass is 9.94. The van der Waals surface area contributed by atoms with Crippen LogP contribution in [-0.4, -0.2) is 43.0 Å². The summed E-state index contributed by atoms with van der Waals surface area (Å²) in [6.07, 6.45) is 2.71. The van der Waals surface area contributed by atoms with Gasteiger partial charge in [0.2, 0.25) is 0 Å². The number of benzene rings is 1. The molecule has 0 aliphatic carbocycles. The highest BCUT2D eigenvalue weighted by Crippen LogP contribution is 2.23. The van der Waals surface area contributed by atoms with E-state index in [0.29, 0.717) is 13.0 Å². The maximum Gasteiger partial charge on any atom is 0.151 e. The second-order valence-corrected chi connectivity index (χ2v) is 5.67. The van der Waals surface area contributed by atoms with Crippen LogP contribution in [0.1, 0.15) is 25.3 Å².